The van der Waals surface area contributed by atoms with Gasteiger partial charge in [0.2, 0.25) is 11.8 Å². The van der Waals surface area contributed by atoms with Gasteiger partial charge in [-0.15, -0.1) is 0 Å². The first-order valence-corrected chi connectivity index (χ1v) is 9.26. The van der Waals surface area contributed by atoms with Crippen molar-refractivity contribution in [3.8, 4) is 11.5 Å². The predicted molar refractivity (Wildman–Crippen MR) is 115 cm³/mol. The van der Waals surface area contributed by atoms with Crippen molar-refractivity contribution in [2.24, 2.45) is 0 Å². The van der Waals surface area contributed by atoms with Gasteiger partial charge in [-0.1, -0.05) is 23.7 Å². The monoisotopic (exact) mass is 419 g/mol. The van der Waals surface area contributed by atoms with E-state index in [0.29, 0.717) is 38.8 Å². The third-order valence-electron chi connectivity index (χ3n) is 4.29. The summed E-state index contributed by atoms with van der Waals surface area (Å²) in [6, 6.07) is 18.3. The summed E-state index contributed by atoms with van der Waals surface area (Å²) in [5.41, 5.74) is 3.06. The highest BCUT2D eigenvalue weighted by Crippen LogP contribution is 2.30. The van der Waals surface area contributed by atoms with Crippen LogP contribution in [0.25, 0.3) is 28.6 Å². The summed E-state index contributed by atoms with van der Waals surface area (Å²) in [5.74, 6) is 0.0516. The maximum atomic E-state index is 12.2. The van der Waals surface area contributed by atoms with Crippen molar-refractivity contribution in [2.45, 2.75) is 0 Å². The van der Waals surface area contributed by atoms with E-state index in [9.17, 15) is 14.9 Å². The Labute approximate surface area is 175 Å². The number of nitro benzene ring substituents is 1. The molecule has 1 N–H and O–H groups in total. The standard InChI is InChI=1S/C22H14ClN3O4/c23-18-4-2-1-3-17(18)22-25-19-11-8-15(13-20(19)30-22)24-21(27)12-7-14-5-9-16(10-6-14)26(28)29/h1-13H,(H,24,27)/b12-7+. The van der Waals surface area contributed by atoms with E-state index in [0.717, 1.165) is 0 Å². The number of hydrogen-bond donors (Lipinski definition) is 1. The second-order valence-corrected chi connectivity index (χ2v) is 6.76. The van der Waals surface area contributed by atoms with Crippen LogP contribution in [0.2, 0.25) is 5.02 Å². The third-order valence-corrected chi connectivity index (χ3v) is 4.62. The number of rotatable bonds is 5. The van der Waals surface area contributed by atoms with Crippen molar-refractivity contribution in [1.82, 2.24) is 4.98 Å². The Balaban J connectivity index is 1.49. The van der Waals surface area contributed by atoms with E-state index in [-0.39, 0.29) is 11.6 Å². The summed E-state index contributed by atoms with van der Waals surface area (Å²) < 4.78 is 5.80. The van der Waals surface area contributed by atoms with Crippen molar-refractivity contribution in [2.75, 3.05) is 5.32 Å². The fraction of sp³-hybridized carbons (Fsp3) is 0. The lowest BCUT2D eigenvalue weighted by Crippen LogP contribution is -2.07. The zero-order valence-electron chi connectivity index (χ0n) is 15.4. The van der Waals surface area contributed by atoms with Crippen LogP contribution in [0.3, 0.4) is 0 Å². The van der Waals surface area contributed by atoms with E-state index in [2.05, 4.69) is 10.3 Å². The molecule has 0 spiro atoms. The van der Waals surface area contributed by atoms with Gasteiger partial charge in [-0.2, -0.15) is 0 Å². The van der Waals surface area contributed by atoms with Crippen LogP contribution >= 0.6 is 11.6 Å². The molecule has 0 radical (unpaired) electrons. The molecule has 4 rings (SSSR count). The van der Waals surface area contributed by atoms with E-state index < -0.39 is 4.92 Å². The Hall–Kier alpha value is -3.97. The number of non-ortho nitro benzene ring substituents is 1. The van der Waals surface area contributed by atoms with Crippen LogP contribution in [-0.2, 0) is 4.79 Å². The van der Waals surface area contributed by atoms with Crippen LogP contribution < -0.4 is 5.32 Å². The molecule has 0 bridgehead atoms. The van der Waals surface area contributed by atoms with Gasteiger partial charge in [0.1, 0.15) is 5.52 Å². The van der Waals surface area contributed by atoms with E-state index in [1.807, 2.05) is 18.2 Å². The molecule has 4 aromatic rings. The normalized spacial score (nSPS) is 11.1. The number of benzene rings is 3. The van der Waals surface area contributed by atoms with Gasteiger partial charge in [0.25, 0.3) is 5.69 Å². The Morgan fingerprint density at radius 2 is 1.87 bits per heavy atom. The van der Waals surface area contributed by atoms with Crippen LogP contribution in [0.4, 0.5) is 11.4 Å². The molecule has 0 fully saturated rings. The fourth-order valence-corrected chi connectivity index (χ4v) is 3.03. The van der Waals surface area contributed by atoms with E-state index in [1.165, 1.54) is 18.2 Å². The van der Waals surface area contributed by atoms with Gasteiger partial charge in [0.15, 0.2) is 5.58 Å². The molecule has 1 heterocycles. The number of halogens is 1. The smallest absolute Gasteiger partial charge is 0.269 e. The lowest BCUT2D eigenvalue weighted by atomic mass is 10.2. The summed E-state index contributed by atoms with van der Waals surface area (Å²) in [5, 5.41) is 14.0. The van der Waals surface area contributed by atoms with Gasteiger partial charge in [-0.25, -0.2) is 4.98 Å². The first kappa shape index (κ1) is 19.4. The average Bonchev–Trinajstić information content (AvgIpc) is 3.16. The predicted octanol–water partition coefficient (Wildman–Crippen LogP) is 5.71. The molecule has 30 heavy (non-hydrogen) atoms. The number of nitrogens with zero attached hydrogens (tertiary/aromatic N) is 2. The highest BCUT2D eigenvalue weighted by atomic mass is 35.5. The van der Waals surface area contributed by atoms with Crippen LogP contribution in [0.5, 0.6) is 0 Å². The number of aromatic nitrogens is 1. The molecule has 0 saturated heterocycles. The Morgan fingerprint density at radius 1 is 1.10 bits per heavy atom. The highest BCUT2D eigenvalue weighted by molar-refractivity contribution is 6.33. The zero-order chi connectivity index (χ0) is 21.1. The number of nitro groups is 1. The SMILES string of the molecule is O=C(/C=C/c1ccc([N+](=O)[O-])cc1)Nc1ccc2nc(-c3ccccc3Cl)oc2c1. The summed E-state index contributed by atoms with van der Waals surface area (Å²) in [6.07, 6.45) is 2.92. The van der Waals surface area contributed by atoms with Crippen molar-refractivity contribution < 1.29 is 14.1 Å². The lowest BCUT2D eigenvalue weighted by Gasteiger charge is -2.01. The number of carbonyl (C=O) groups is 1. The Kier molecular flexibility index (Phi) is 5.28. The molecule has 0 aliphatic carbocycles. The number of fused-ring (bicyclic) bond motifs is 1. The highest BCUT2D eigenvalue weighted by Gasteiger charge is 2.12. The maximum Gasteiger partial charge on any atom is 0.269 e. The summed E-state index contributed by atoms with van der Waals surface area (Å²) in [4.78, 5) is 26.8. The van der Waals surface area contributed by atoms with Gasteiger partial charge < -0.3 is 9.73 Å². The minimum atomic E-state index is -0.475. The molecule has 1 aromatic heterocycles. The molecule has 1 amide bonds. The van der Waals surface area contributed by atoms with Gasteiger partial charge in [0.05, 0.1) is 15.5 Å². The fourth-order valence-electron chi connectivity index (χ4n) is 2.82. The largest absolute Gasteiger partial charge is 0.436 e. The number of nitrogens with one attached hydrogen (secondary N) is 1. The molecule has 3 aromatic carbocycles. The number of oxazole rings is 1. The number of carbonyl (C=O) groups excluding carboxylic acids is 1. The van der Waals surface area contributed by atoms with Gasteiger partial charge in [-0.05, 0) is 48.0 Å². The quantitative estimate of drug-likeness (QED) is 0.254. The van der Waals surface area contributed by atoms with E-state index >= 15 is 0 Å². The van der Waals surface area contributed by atoms with Gasteiger partial charge in [0, 0.05) is 30.0 Å². The van der Waals surface area contributed by atoms with Crippen molar-refractivity contribution >= 4 is 46.1 Å². The minimum absolute atomic E-state index is 0.00637. The maximum absolute atomic E-state index is 12.2. The van der Waals surface area contributed by atoms with Crippen LogP contribution in [0.1, 0.15) is 5.56 Å². The number of anilines is 1. The van der Waals surface area contributed by atoms with E-state index in [4.69, 9.17) is 16.0 Å². The summed E-state index contributed by atoms with van der Waals surface area (Å²) in [6.45, 7) is 0. The van der Waals surface area contributed by atoms with Gasteiger partial charge in [-0.3, -0.25) is 14.9 Å². The average molecular weight is 420 g/mol. The molecular formula is C22H14ClN3O4. The number of amides is 1. The van der Waals surface area contributed by atoms with Crippen LogP contribution in [0.15, 0.2) is 77.2 Å². The topological polar surface area (TPSA) is 98.3 Å². The van der Waals surface area contributed by atoms with Crippen molar-refractivity contribution in [3.05, 3.63) is 93.5 Å². The molecule has 0 unspecified atom stereocenters. The van der Waals surface area contributed by atoms with Crippen LogP contribution in [0, 0.1) is 10.1 Å². The first-order chi connectivity index (χ1) is 14.5. The Bertz CT molecular complexity index is 1280. The number of hydrogen-bond acceptors (Lipinski definition) is 5. The second-order valence-electron chi connectivity index (χ2n) is 6.35. The summed E-state index contributed by atoms with van der Waals surface area (Å²) >= 11 is 6.20. The molecule has 0 atom stereocenters. The van der Waals surface area contributed by atoms with Crippen molar-refractivity contribution in [3.63, 3.8) is 0 Å². The zero-order valence-corrected chi connectivity index (χ0v) is 16.2. The van der Waals surface area contributed by atoms with Gasteiger partial charge >= 0.3 is 0 Å². The molecule has 0 saturated carbocycles. The Morgan fingerprint density at radius 3 is 2.60 bits per heavy atom. The van der Waals surface area contributed by atoms with E-state index in [1.54, 1.807) is 42.5 Å². The van der Waals surface area contributed by atoms with Crippen LogP contribution in [-0.4, -0.2) is 15.8 Å². The summed E-state index contributed by atoms with van der Waals surface area (Å²) in [7, 11) is 0. The molecule has 7 nitrogen and oxygen atoms in total. The second kappa shape index (κ2) is 8.18. The molecular weight excluding hydrogens is 406 g/mol. The lowest BCUT2D eigenvalue weighted by molar-refractivity contribution is -0.384. The molecule has 0 aliphatic rings. The first-order valence-electron chi connectivity index (χ1n) is 8.88. The molecule has 8 heteroatoms. The third kappa shape index (κ3) is 4.21. The molecule has 0 aliphatic heterocycles. The van der Waals surface area contributed by atoms with Crippen molar-refractivity contribution in [1.29, 1.82) is 0 Å². The molecule has 148 valence electrons. The minimum Gasteiger partial charge on any atom is -0.436 e.